The minimum absolute atomic E-state index is 0.167. The van der Waals surface area contributed by atoms with Crippen molar-refractivity contribution in [3.8, 4) is 0 Å². The molecule has 0 aromatic heterocycles. The lowest BCUT2D eigenvalue weighted by atomic mass is 9.87. The van der Waals surface area contributed by atoms with Crippen LogP contribution in [0.5, 0.6) is 0 Å². The van der Waals surface area contributed by atoms with Crippen molar-refractivity contribution < 1.29 is 0 Å². The van der Waals surface area contributed by atoms with Crippen molar-refractivity contribution in [3.05, 3.63) is 35.4 Å². The van der Waals surface area contributed by atoms with Gasteiger partial charge < -0.3 is 5.73 Å². The van der Waals surface area contributed by atoms with Gasteiger partial charge in [0.25, 0.3) is 0 Å². The Balaban J connectivity index is 2.55. The molecule has 1 nitrogen and oxygen atoms in total. The second-order valence-corrected chi connectivity index (χ2v) is 5.10. The fourth-order valence-electron chi connectivity index (χ4n) is 2.06. The van der Waals surface area contributed by atoms with Gasteiger partial charge in [-0.3, -0.25) is 0 Å². The van der Waals surface area contributed by atoms with Crippen molar-refractivity contribution in [2.75, 3.05) is 0 Å². The maximum Gasteiger partial charge on any atom is 0.0381 e. The number of unbranched alkanes of at least 4 members (excludes halogenated alkanes) is 3. The van der Waals surface area contributed by atoms with Crippen molar-refractivity contribution in [1.82, 2.24) is 0 Å². The van der Waals surface area contributed by atoms with E-state index < -0.39 is 0 Å². The molecule has 1 unspecified atom stereocenters. The third-order valence-electron chi connectivity index (χ3n) is 3.23. The highest BCUT2D eigenvalue weighted by Crippen LogP contribution is 2.25. The van der Waals surface area contributed by atoms with Crippen LogP contribution in [0.2, 0.25) is 0 Å². The van der Waals surface area contributed by atoms with Crippen LogP contribution in [0.15, 0.2) is 24.3 Å². The van der Waals surface area contributed by atoms with Crippen LogP contribution in [0.3, 0.4) is 0 Å². The Morgan fingerprint density at radius 3 is 2.56 bits per heavy atom. The largest absolute Gasteiger partial charge is 0.322 e. The minimum Gasteiger partial charge on any atom is -0.322 e. The summed E-state index contributed by atoms with van der Waals surface area (Å²) in [5, 5.41) is 0. The number of aryl methyl sites for hydroxylation is 1. The molecule has 1 atom stereocenters. The lowest BCUT2D eigenvalue weighted by Crippen LogP contribution is -2.32. The summed E-state index contributed by atoms with van der Waals surface area (Å²) in [5.41, 5.74) is 8.78. The minimum atomic E-state index is -0.167. The van der Waals surface area contributed by atoms with Gasteiger partial charge in [0.05, 0.1) is 0 Å². The molecule has 0 saturated carbocycles. The summed E-state index contributed by atoms with van der Waals surface area (Å²) < 4.78 is 0. The smallest absolute Gasteiger partial charge is 0.0381 e. The third kappa shape index (κ3) is 3.97. The Labute approximate surface area is 100 Å². The van der Waals surface area contributed by atoms with Crippen LogP contribution in [-0.4, -0.2) is 0 Å². The van der Waals surface area contributed by atoms with Gasteiger partial charge in [-0.05, 0) is 25.8 Å². The molecule has 1 aromatic carbocycles. The van der Waals surface area contributed by atoms with E-state index in [1.807, 2.05) is 0 Å². The quantitative estimate of drug-likeness (QED) is 0.715. The lowest BCUT2D eigenvalue weighted by molar-refractivity contribution is 0.424. The summed E-state index contributed by atoms with van der Waals surface area (Å²) in [6.45, 7) is 6.51. The first-order chi connectivity index (χ1) is 7.56. The first-order valence-electron chi connectivity index (χ1n) is 6.42. The highest BCUT2D eigenvalue weighted by Gasteiger charge is 2.20. The summed E-state index contributed by atoms with van der Waals surface area (Å²) >= 11 is 0. The van der Waals surface area contributed by atoms with Crippen LogP contribution < -0.4 is 5.73 Å². The van der Waals surface area contributed by atoms with Gasteiger partial charge in [0.1, 0.15) is 0 Å². The zero-order valence-electron chi connectivity index (χ0n) is 10.9. The van der Waals surface area contributed by atoms with Gasteiger partial charge >= 0.3 is 0 Å². The van der Waals surface area contributed by atoms with Crippen LogP contribution in [0.25, 0.3) is 0 Å². The summed E-state index contributed by atoms with van der Waals surface area (Å²) in [6.07, 6.45) is 6.22. The molecule has 2 N–H and O–H groups in total. The van der Waals surface area contributed by atoms with Crippen LogP contribution in [-0.2, 0) is 5.54 Å². The zero-order valence-corrected chi connectivity index (χ0v) is 10.9. The molecule has 0 radical (unpaired) electrons. The van der Waals surface area contributed by atoms with E-state index in [1.165, 1.54) is 36.8 Å². The summed E-state index contributed by atoms with van der Waals surface area (Å²) in [4.78, 5) is 0. The fraction of sp³-hybridized carbons (Fsp3) is 0.600. The van der Waals surface area contributed by atoms with Crippen molar-refractivity contribution in [2.45, 2.75) is 58.4 Å². The average molecular weight is 219 g/mol. The van der Waals surface area contributed by atoms with Gasteiger partial charge in [0.15, 0.2) is 0 Å². The Kier molecular flexibility index (Phi) is 5.01. The van der Waals surface area contributed by atoms with E-state index in [0.29, 0.717) is 0 Å². The zero-order chi connectivity index (χ0) is 12.0. The predicted molar refractivity (Wildman–Crippen MR) is 71.5 cm³/mol. The second kappa shape index (κ2) is 6.05. The van der Waals surface area contributed by atoms with E-state index in [9.17, 15) is 0 Å². The van der Waals surface area contributed by atoms with Crippen LogP contribution >= 0.6 is 0 Å². The number of benzene rings is 1. The van der Waals surface area contributed by atoms with E-state index >= 15 is 0 Å². The van der Waals surface area contributed by atoms with Crippen molar-refractivity contribution in [3.63, 3.8) is 0 Å². The topological polar surface area (TPSA) is 26.0 Å². The molecule has 0 aliphatic rings. The molecule has 0 fully saturated rings. The number of rotatable bonds is 6. The molecule has 0 amide bonds. The predicted octanol–water partition coefficient (Wildman–Crippen LogP) is 4.14. The molecule has 1 rings (SSSR count). The summed E-state index contributed by atoms with van der Waals surface area (Å²) in [5.74, 6) is 0. The molecule has 0 spiro atoms. The first-order valence-corrected chi connectivity index (χ1v) is 6.42. The Hall–Kier alpha value is -0.820. The molecular weight excluding hydrogens is 194 g/mol. The Bertz CT molecular complexity index is 315. The van der Waals surface area contributed by atoms with E-state index in [1.54, 1.807) is 0 Å². The molecule has 0 aliphatic carbocycles. The SMILES string of the molecule is CCCCCCC(C)(N)c1cccc(C)c1. The molecule has 0 bridgehead atoms. The van der Waals surface area contributed by atoms with Crippen LogP contribution in [0.4, 0.5) is 0 Å². The Morgan fingerprint density at radius 2 is 1.94 bits per heavy atom. The third-order valence-corrected chi connectivity index (χ3v) is 3.23. The molecule has 0 aliphatic heterocycles. The first kappa shape index (κ1) is 13.2. The standard InChI is InChI=1S/C15H25N/c1-4-5-6-7-11-15(3,16)14-10-8-9-13(2)12-14/h8-10,12H,4-7,11,16H2,1-3H3. The molecule has 90 valence electrons. The van der Waals surface area contributed by atoms with Crippen LogP contribution in [0.1, 0.15) is 57.1 Å². The van der Waals surface area contributed by atoms with Crippen molar-refractivity contribution >= 4 is 0 Å². The average Bonchev–Trinajstić information content (AvgIpc) is 2.24. The molecule has 0 heterocycles. The monoisotopic (exact) mass is 219 g/mol. The maximum atomic E-state index is 6.39. The highest BCUT2D eigenvalue weighted by molar-refractivity contribution is 5.27. The summed E-state index contributed by atoms with van der Waals surface area (Å²) in [6, 6.07) is 8.57. The van der Waals surface area contributed by atoms with Crippen molar-refractivity contribution in [2.24, 2.45) is 5.73 Å². The molecule has 1 aromatic rings. The van der Waals surface area contributed by atoms with E-state index in [4.69, 9.17) is 5.73 Å². The molecule has 16 heavy (non-hydrogen) atoms. The van der Waals surface area contributed by atoms with Gasteiger partial charge in [0.2, 0.25) is 0 Å². The Morgan fingerprint density at radius 1 is 1.19 bits per heavy atom. The van der Waals surface area contributed by atoms with Crippen LogP contribution in [0, 0.1) is 6.92 Å². The van der Waals surface area contributed by atoms with Gasteiger partial charge in [-0.2, -0.15) is 0 Å². The number of nitrogens with two attached hydrogens (primary N) is 1. The van der Waals surface area contributed by atoms with E-state index in [-0.39, 0.29) is 5.54 Å². The second-order valence-electron chi connectivity index (χ2n) is 5.10. The number of hydrogen-bond acceptors (Lipinski definition) is 1. The van der Waals surface area contributed by atoms with Gasteiger partial charge in [-0.15, -0.1) is 0 Å². The highest BCUT2D eigenvalue weighted by atomic mass is 14.7. The van der Waals surface area contributed by atoms with Gasteiger partial charge in [-0.25, -0.2) is 0 Å². The van der Waals surface area contributed by atoms with Gasteiger partial charge in [0, 0.05) is 5.54 Å². The normalized spacial score (nSPS) is 14.8. The molecular formula is C15H25N. The van der Waals surface area contributed by atoms with E-state index in [2.05, 4.69) is 45.0 Å². The molecule has 1 heteroatoms. The summed E-state index contributed by atoms with van der Waals surface area (Å²) in [7, 11) is 0. The lowest BCUT2D eigenvalue weighted by Gasteiger charge is -2.25. The molecule has 0 saturated heterocycles. The van der Waals surface area contributed by atoms with E-state index in [0.717, 1.165) is 6.42 Å². The fourth-order valence-corrected chi connectivity index (χ4v) is 2.06. The van der Waals surface area contributed by atoms with Crippen molar-refractivity contribution in [1.29, 1.82) is 0 Å². The van der Waals surface area contributed by atoms with Gasteiger partial charge in [-0.1, -0.05) is 62.4 Å². The maximum absolute atomic E-state index is 6.39. The number of hydrogen-bond donors (Lipinski definition) is 1.